The smallest absolute Gasteiger partial charge is 0.309 e. The van der Waals surface area contributed by atoms with Crippen LogP contribution in [0.5, 0.6) is 0 Å². The van der Waals surface area contributed by atoms with Crippen molar-refractivity contribution in [3.8, 4) is 0 Å². The molecule has 12 heteroatoms. The predicted octanol–water partition coefficient (Wildman–Crippen LogP) is -0.405. The minimum absolute atomic E-state index is 0.236. The van der Waals surface area contributed by atoms with Crippen LogP contribution in [0.4, 0.5) is 0 Å². The van der Waals surface area contributed by atoms with Crippen LogP contribution < -0.4 is 32.7 Å². The summed E-state index contributed by atoms with van der Waals surface area (Å²) in [4.78, 5) is 67.3. The van der Waals surface area contributed by atoms with Gasteiger partial charge < -0.3 is 32.7 Å². The van der Waals surface area contributed by atoms with Gasteiger partial charge in [0.15, 0.2) is 0 Å². The molecule has 0 aliphatic rings. The molecule has 0 rings (SSSR count). The number of nitrogens with two attached hydrogens (primary N) is 2. The molecule has 0 aromatic carbocycles. The van der Waals surface area contributed by atoms with Crippen molar-refractivity contribution in [3.63, 3.8) is 0 Å². The number of carbonyl (C=O) groups is 6. The molecule has 0 saturated carbocycles. The molecule has 8 N–H and O–H groups in total. The summed E-state index contributed by atoms with van der Waals surface area (Å²) in [6.07, 6.45) is 9.03. The summed E-state index contributed by atoms with van der Waals surface area (Å²) in [5, 5.41) is 10.2. The van der Waals surface area contributed by atoms with Gasteiger partial charge in [-0.3, -0.25) is 28.8 Å². The number of hydrogen-bond acceptors (Lipinski definition) is 6. The quantitative estimate of drug-likeness (QED) is 0.106. The van der Waals surface area contributed by atoms with Gasteiger partial charge in [0.05, 0.1) is 0 Å². The molecule has 0 heterocycles. The van der Waals surface area contributed by atoms with Gasteiger partial charge in [-0.05, 0) is 37.5 Å². The van der Waals surface area contributed by atoms with E-state index in [0.717, 1.165) is 64.2 Å². The zero-order valence-electron chi connectivity index (χ0n) is 21.7. The maximum atomic E-state index is 12.0. The third-order valence-electron chi connectivity index (χ3n) is 5.69. The van der Waals surface area contributed by atoms with Crippen LogP contribution in [-0.2, 0) is 28.8 Å². The first-order valence-corrected chi connectivity index (χ1v) is 12.8. The third-order valence-corrected chi connectivity index (χ3v) is 5.69. The van der Waals surface area contributed by atoms with E-state index in [-0.39, 0.29) is 11.8 Å². The van der Waals surface area contributed by atoms with Crippen LogP contribution in [-0.4, -0.2) is 61.6 Å². The van der Waals surface area contributed by atoms with Crippen LogP contribution >= 0.6 is 0 Å². The summed E-state index contributed by atoms with van der Waals surface area (Å²) in [5.74, 6) is -4.28. The average molecular weight is 513 g/mol. The summed E-state index contributed by atoms with van der Waals surface area (Å²) in [7, 11) is 0. The normalized spacial score (nSPS) is 12.2. The fourth-order valence-corrected chi connectivity index (χ4v) is 3.42. The number of rotatable bonds is 18. The molecule has 0 saturated heterocycles. The van der Waals surface area contributed by atoms with E-state index in [1.165, 1.54) is 0 Å². The molecule has 0 bridgehead atoms. The standard InChI is InChI=1S/C24H44N6O6/c1-17(11-7-3-5-9-13-27-21(33)19(25)31)15-29-23(35)24(36)30-16-18(2)12-8-4-6-10-14-28-22(34)20(26)32/h17-18H,3-16H2,1-2H3,(H2,25,31)(H2,26,32)(H,27,33)(H,28,34)(H,29,35)(H,30,36)/t17-,18-/m0/s1. The number of nitrogens with one attached hydrogen (secondary N) is 4. The lowest BCUT2D eigenvalue weighted by molar-refractivity contribution is -0.139. The van der Waals surface area contributed by atoms with Gasteiger partial charge in [-0.15, -0.1) is 0 Å². The van der Waals surface area contributed by atoms with Crippen molar-refractivity contribution in [2.45, 2.75) is 78.1 Å². The fraction of sp³-hybridized carbons (Fsp3) is 0.750. The maximum absolute atomic E-state index is 12.0. The zero-order chi connectivity index (χ0) is 27.3. The second kappa shape index (κ2) is 20.1. The number of carbonyl (C=O) groups excluding carboxylic acids is 6. The Morgan fingerprint density at radius 1 is 0.500 bits per heavy atom. The highest BCUT2D eigenvalue weighted by molar-refractivity contribution is 6.35. The zero-order valence-corrected chi connectivity index (χ0v) is 21.7. The van der Waals surface area contributed by atoms with Gasteiger partial charge in [-0.25, -0.2) is 0 Å². The predicted molar refractivity (Wildman–Crippen MR) is 135 cm³/mol. The van der Waals surface area contributed by atoms with Gasteiger partial charge >= 0.3 is 35.4 Å². The molecule has 0 fully saturated rings. The molecule has 12 nitrogen and oxygen atoms in total. The molecule has 36 heavy (non-hydrogen) atoms. The van der Waals surface area contributed by atoms with Gasteiger partial charge in [0.1, 0.15) is 0 Å². The highest BCUT2D eigenvalue weighted by Crippen LogP contribution is 2.10. The Morgan fingerprint density at radius 2 is 0.833 bits per heavy atom. The fourth-order valence-electron chi connectivity index (χ4n) is 3.42. The summed E-state index contributed by atoms with van der Waals surface area (Å²) in [6, 6.07) is 0. The van der Waals surface area contributed by atoms with Crippen molar-refractivity contribution < 1.29 is 28.8 Å². The number of unbranched alkanes of at least 4 members (excludes halogenated alkanes) is 6. The molecule has 0 aliphatic heterocycles. The van der Waals surface area contributed by atoms with Crippen molar-refractivity contribution in [2.75, 3.05) is 26.2 Å². The van der Waals surface area contributed by atoms with Crippen LogP contribution in [0.1, 0.15) is 78.1 Å². The Kier molecular flexibility index (Phi) is 18.3. The van der Waals surface area contributed by atoms with Crippen LogP contribution in [0.25, 0.3) is 0 Å². The highest BCUT2D eigenvalue weighted by Gasteiger charge is 2.15. The number of amides is 6. The second-order valence-electron chi connectivity index (χ2n) is 9.28. The van der Waals surface area contributed by atoms with Gasteiger partial charge in [-0.2, -0.15) is 0 Å². The van der Waals surface area contributed by atoms with Gasteiger partial charge in [0.25, 0.3) is 0 Å². The lowest BCUT2D eigenvalue weighted by Gasteiger charge is -2.14. The van der Waals surface area contributed by atoms with Crippen molar-refractivity contribution in [3.05, 3.63) is 0 Å². The van der Waals surface area contributed by atoms with Crippen LogP contribution in [0.15, 0.2) is 0 Å². The van der Waals surface area contributed by atoms with Crippen molar-refractivity contribution in [1.29, 1.82) is 0 Å². The molecular formula is C24H44N6O6. The van der Waals surface area contributed by atoms with E-state index in [0.29, 0.717) is 26.2 Å². The van der Waals surface area contributed by atoms with Crippen LogP contribution in [0, 0.1) is 11.8 Å². The van der Waals surface area contributed by atoms with E-state index in [1.54, 1.807) is 0 Å². The van der Waals surface area contributed by atoms with E-state index in [2.05, 4.69) is 21.3 Å². The molecule has 0 spiro atoms. The number of hydrogen-bond donors (Lipinski definition) is 6. The first kappa shape index (κ1) is 32.8. The molecule has 0 aromatic rings. The Hall–Kier alpha value is -3.18. The van der Waals surface area contributed by atoms with E-state index in [9.17, 15) is 28.8 Å². The summed E-state index contributed by atoms with van der Waals surface area (Å²) in [5.41, 5.74) is 9.71. The Bertz CT molecular complexity index is 670. The summed E-state index contributed by atoms with van der Waals surface area (Å²) in [6.45, 7) is 5.72. The van der Waals surface area contributed by atoms with Gasteiger partial charge in [-0.1, -0.05) is 52.4 Å². The second-order valence-corrected chi connectivity index (χ2v) is 9.28. The number of primary amides is 2. The molecule has 0 aliphatic carbocycles. The molecule has 2 atom stereocenters. The lowest BCUT2D eigenvalue weighted by Crippen LogP contribution is -2.42. The summed E-state index contributed by atoms with van der Waals surface area (Å²) < 4.78 is 0. The van der Waals surface area contributed by atoms with E-state index in [1.807, 2.05) is 13.8 Å². The Labute approximate surface area is 213 Å². The minimum Gasteiger partial charge on any atom is -0.361 e. The van der Waals surface area contributed by atoms with Crippen LogP contribution in [0.2, 0.25) is 0 Å². The minimum atomic E-state index is -0.981. The molecule has 0 unspecified atom stereocenters. The van der Waals surface area contributed by atoms with Crippen molar-refractivity contribution >= 4 is 35.4 Å². The topological polar surface area (TPSA) is 203 Å². The van der Waals surface area contributed by atoms with Gasteiger partial charge in [0.2, 0.25) is 0 Å². The van der Waals surface area contributed by atoms with E-state index >= 15 is 0 Å². The van der Waals surface area contributed by atoms with Crippen molar-refractivity contribution in [2.24, 2.45) is 23.3 Å². The molecule has 0 aromatic heterocycles. The Balaban J connectivity index is 3.72. The van der Waals surface area contributed by atoms with Crippen LogP contribution in [0.3, 0.4) is 0 Å². The SMILES string of the molecule is C[C@@H](CCCCCCNC(=O)C(N)=O)CNC(=O)C(=O)NC[C@@H](C)CCCCCCNC(=O)C(N)=O. The Morgan fingerprint density at radius 3 is 1.17 bits per heavy atom. The van der Waals surface area contributed by atoms with E-state index < -0.39 is 35.4 Å². The summed E-state index contributed by atoms with van der Waals surface area (Å²) >= 11 is 0. The molecular weight excluding hydrogens is 468 g/mol. The van der Waals surface area contributed by atoms with E-state index in [4.69, 9.17) is 11.5 Å². The molecule has 0 radical (unpaired) electrons. The monoisotopic (exact) mass is 512 g/mol. The van der Waals surface area contributed by atoms with Crippen molar-refractivity contribution in [1.82, 2.24) is 21.3 Å². The molecule has 206 valence electrons. The highest BCUT2D eigenvalue weighted by atomic mass is 16.2. The van der Waals surface area contributed by atoms with Gasteiger partial charge in [0, 0.05) is 26.2 Å². The molecule has 6 amide bonds. The first-order chi connectivity index (χ1) is 17.0. The average Bonchev–Trinajstić information content (AvgIpc) is 2.83. The lowest BCUT2D eigenvalue weighted by atomic mass is 10.0. The maximum Gasteiger partial charge on any atom is 0.309 e. The first-order valence-electron chi connectivity index (χ1n) is 12.8. The third kappa shape index (κ3) is 18.2. The largest absolute Gasteiger partial charge is 0.361 e.